The molecule has 3 N–H and O–H groups in total. The fraction of sp³-hybridized carbons (Fsp3) is 0.989. The predicted octanol–water partition coefficient (Wildman–Crippen LogP) is 31.0. The molecule has 0 bridgehead atoms. The summed E-state index contributed by atoms with van der Waals surface area (Å²) >= 11 is 4.51. The van der Waals surface area contributed by atoms with Crippen LogP contribution in [-0.4, -0.2) is 36.1 Å². The smallest absolute Gasteiger partial charge is 0.226 e. The largest absolute Gasteiger partial charge is 0.392 e. The lowest BCUT2D eigenvalue weighted by molar-refractivity contribution is -0.136. The van der Waals surface area contributed by atoms with Gasteiger partial charge in [0.15, 0.2) is 0 Å². The van der Waals surface area contributed by atoms with Gasteiger partial charge in [0, 0.05) is 7.11 Å². The Bertz CT molecular complexity index is 1490. The van der Waals surface area contributed by atoms with E-state index in [1.807, 2.05) is 7.11 Å². The minimum atomic E-state index is -0.810. The van der Waals surface area contributed by atoms with Crippen molar-refractivity contribution in [2.24, 2.45) is 34.8 Å². The zero-order valence-corrected chi connectivity index (χ0v) is 67.1. The molecule has 568 valence electrons. The maximum atomic E-state index is 12.9. The molecule has 1 aliphatic rings. The maximum absolute atomic E-state index is 12.9. The van der Waals surface area contributed by atoms with Gasteiger partial charge in [-0.3, -0.25) is 4.79 Å². The third kappa shape index (κ3) is 59.9. The summed E-state index contributed by atoms with van der Waals surface area (Å²) in [5.74, 6) is 4.09. The number of amides is 1. The van der Waals surface area contributed by atoms with Crippen LogP contribution in [0.15, 0.2) is 0 Å². The molecule has 7 atom stereocenters. The summed E-state index contributed by atoms with van der Waals surface area (Å²) in [4.78, 5) is 12.9. The van der Waals surface area contributed by atoms with E-state index in [1.54, 1.807) is 0 Å². The number of nitrogens with two attached hydrogens (primary N) is 1. The van der Waals surface area contributed by atoms with E-state index in [1.165, 1.54) is 443 Å². The zero-order valence-electron chi connectivity index (χ0n) is 66.2. The van der Waals surface area contributed by atoms with Gasteiger partial charge in [-0.05, 0) is 67.9 Å². The molecule has 0 aromatic carbocycles. The van der Waals surface area contributed by atoms with E-state index < -0.39 is 11.5 Å². The van der Waals surface area contributed by atoms with Gasteiger partial charge in [-0.15, -0.1) is 0 Å². The number of rotatable bonds is 83. The monoisotopic (exact) mass is 1350 g/mol. The number of hydrogen-bond acceptors (Lipinski definition) is 4. The summed E-state index contributed by atoms with van der Waals surface area (Å²) in [6, 6.07) is 0. The highest BCUT2D eigenvalue weighted by Gasteiger charge is 2.42. The summed E-state index contributed by atoms with van der Waals surface area (Å²) in [6.07, 6.45) is 104. The average Bonchev–Trinajstić information content (AvgIpc) is 1.86. The van der Waals surface area contributed by atoms with Crippen molar-refractivity contribution in [1.29, 1.82) is 0 Å². The van der Waals surface area contributed by atoms with Gasteiger partial charge in [0.1, 0.15) is 0 Å². The maximum Gasteiger partial charge on any atom is 0.226 e. The van der Waals surface area contributed by atoms with E-state index >= 15 is 0 Å². The lowest BCUT2D eigenvalue weighted by Crippen LogP contribution is -2.47. The minimum absolute atomic E-state index is 0.310. The van der Waals surface area contributed by atoms with Crippen molar-refractivity contribution in [2.45, 2.75) is 528 Å². The van der Waals surface area contributed by atoms with Crippen molar-refractivity contribution in [2.75, 3.05) is 12.9 Å². The lowest BCUT2D eigenvalue weighted by Gasteiger charge is -2.35. The Labute approximate surface area is 605 Å². The lowest BCUT2D eigenvalue weighted by atomic mass is 9.72. The molecule has 1 aliphatic carbocycles. The van der Waals surface area contributed by atoms with E-state index in [9.17, 15) is 9.90 Å². The second kappa shape index (κ2) is 73.5. The number of hydrogen-bond donors (Lipinski definition) is 3. The van der Waals surface area contributed by atoms with Gasteiger partial charge < -0.3 is 15.6 Å². The third-order valence-electron chi connectivity index (χ3n) is 24.0. The molecule has 95 heavy (non-hydrogen) atoms. The summed E-state index contributed by atoms with van der Waals surface area (Å²) < 4.78 is 5.99. The SMILES string of the molecule is CCCCCCCCCCCCCCCCCCCCCCCC[C@](CCS)(C(N)=O)[C@H](O)CCCCCCCCCCCCCCCCCC[C@@H]1CC1[C@@H](C)CCCCCCCCCCCCCCCC[C@H](OC)[C@@H](C)CCCCCCCCCCCCCCCCCC. The van der Waals surface area contributed by atoms with Gasteiger partial charge in [0.2, 0.25) is 5.91 Å². The standard InChI is InChI=1S/C90H179NO3S/c1-6-8-10-12-14-16-18-20-22-24-25-26-27-28-31-37-43-49-55-61-67-73-79-90(80-81-95,89(91)93)88(92)78-72-66-60-54-48-42-34-30-29-33-40-46-52-58-64-70-76-85-82-86(85)83(3)74-68-62-56-50-44-38-35-36-41-47-53-59-65-71-77-87(94-5)84(4)75-69-63-57-51-45-39-32-23-21-19-17-15-13-11-9-7-2/h83-88,92,95H,6-82H2,1-5H3,(H2,91,93)/t83-,84-,85+,86?,87-,88+,90+/m0/s1. The molecule has 5 heteroatoms. The molecular weight excluding hydrogens is 1180 g/mol. The number of aliphatic hydroxyl groups is 1. The second-order valence-corrected chi connectivity index (χ2v) is 33.4. The van der Waals surface area contributed by atoms with Gasteiger partial charge in [0.05, 0.1) is 17.6 Å². The van der Waals surface area contributed by atoms with Crippen LogP contribution in [0.3, 0.4) is 0 Å². The first kappa shape index (κ1) is 92.8. The number of ether oxygens (including phenoxy) is 1. The molecule has 1 saturated carbocycles. The van der Waals surface area contributed by atoms with Gasteiger partial charge in [-0.2, -0.15) is 12.6 Å². The zero-order chi connectivity index (χ0) is 68.7. The van der Waals surface area contributed by atoms with Gasteiger partial charge in [-0.25, -0.2) is 0 Å². The molecule has 0 radical (unpaired) electrons. The molecule has 0 aromatic heterocycles. The van der Waals surface area contributed by atoms with Crippen LogP contribution >= 0.6 is 12.6 Å². The Balaban J connectivity index is 1.85. The Morgan fingerprint density at radius 2 is 0.621 bits per heavy atom. The molecule has 1 fully saturated rings. The number of aliphatic hydroxyl groups excluding tert-OH is 1. The first-order valence-electron chi connectivity index (χ1n) is 44.9. The molecule has 0 spiro atoms. The number of unbranched alkanes of at least 4 members (excludes halogenated alkanes) is 64. The Morgan fingerprint density at radius 3 is 0.905 bits per heavy atom. The van der Waals surface area contributed by atoms with Crippen molar-refractivity contribution < 1.29 is 14.6 Å². The summed E-state index contributed by atoms with van der Waals surface area (Å²) in [5, 5.41) is 11.4. The van der Waals surface area contributed by atoms with Gasteiger partial charge >= 0.3 is 0 Å². The molecule has 0 aliphatic heterocycles. The van der Waals surface area contributed by atoms with E-state index in [0.29, 0.717) is 37.0 Å². The summed E-state index contributed by atoms with van der Waals surface area (Å²) in [6.45, 7) is 9.64. The normalized spacial score (nSPS) is 16.0. The van der Waals surface area contributed by atoms with E-state index in [0.717, 1.165) is 43.4 Å². The minimum Gasteiger partial charge on any atom is -0.392 e. The molecule has 4 nitrogen and oxygen atoms in total. The molecule has 0 saturated heterocycles. The van der Waals surface area contributed by atoms with Crippen LogP contribution in [0.4, 0.5) is 0 Å². The Kier molecular flexibility index (Phi) is 71.8. The van der Waals surface area contributed by atoms with Crippen LogP contribution in [0.1, 0.15) is 516 Å². The highest BCUT2D eigenvalue weighted by Crippen LogP contribution is 2.49. The first-order chi connectivity index (χ1) is 46.8. The number of carbonyl (C=O) groups excluding carboxylic acids is 1. The number of carbonyl (C=O) groups is 1. The van der Waals surface area contributed by atoms with Crippen LogP contribution in [0.25, 0.3) is 0 Å². The molecule has 1 unspecified atom stereocenters. The van der Waals surface area contributed by atoms with Crippen molar-refractivity contribution in [1.82, 2.24) is 0 Å². The van der Waals surface area contributed by atoms with Crippen molar-refractivity contribution >= 4 is 18.5 Å². The van der Waals surface area contributed by atoms with E-state index in [4.69, 9.17) is 10.5 Å². The van der Waals surface area contributed by atoms with Gasteiger partial charge in [-0.1, -0.05) is 477 Å². The predicted molar refractivity (Wildman–Crippen MR) is 430 cm³/mol. The second-order valence-electron chi connectivity index (χ2n) is 32.9. The average molecular weight is 1360 g/mol. The number of primary amides is 1. The van der Waals surface area contributed by atoms with Crippen molar-refractivity contribution in [3.63, 3.8) is 0 Å². The topological polar surface area (TPSA) is 72.6 Å². The third-order valence-corrected chi connectivity index (χ3v) is 24.2. The van der Waals surface area contributed by atoms with Crippen LogP contribution < -0.4 is 5.73 Å². The quantitative estimate of drug-likeness (QED) is 0.0420. The van der Waals surface area contributed by atoms with Crippen LogP contribution in [0, 0.1) is 29.1 Å². The molecule has 1 amide bonds. The fourth-order valence-corrected chi connectivity index (χ4v) is 17.3. The number of thiol groups is 1. The highest BCUT2D eigenvalue weighted by atomic mass is 32.1. The molecular formula is C90H179NO3S. The van der Waals surface area contributed by atoms with Crippen molar-refractivity contribution in [3.05, 3.63) is 0 Å². The van der Waals surface area contributed by atoms with Crippen molar-refractivity contribution in [3.8, 4) is 0 Å². The highest BCUT2D eigenvalue weighted by molar-refractivity contribution is 7.80. The van der Waals surface area contributed by atoms with E-state index in [-0.39, 0.29) is 5.91 Å². The summed E-state index contributed by atoms with van der Waals surface area (Å²) in [5.41, 5.74) is 5.25. The van der Waals surface area contributed by atoms with Crippen LogP contribution in [-0.2, 0) is 9.53 Å². The molecule has 0 heterocycles. The number of methoxy groups -OCH3 is 1. The van der Waals surface area contributed by atoms with Crippen LogP contribution in [0.5, 0.6) is 0 Å². The fourth-order valence-electron chi connectivity index (χ4n) is 16.9. The van der Waals surface area contributed by atoms with Gasteiger partial charge in [0.25, 0.3) is 0 Å². The Hall–Kier alpha value is -0.260. The Morgan fingerprint density at radius 1 is 0.368 bits per heavy atom. The molecule has 0 aromatic rings. The first-order valence-corrected chi connectivity index (χ1v) is 45.5. The van der Waals surface area contributed by atoms with E-state index in [2.05, 4.69) is 40.3 Å². The van der Waals surface area contributed by atoms with Crippen LogP contribution in [0.2, 0.25) is 0 Å². The summed E-state index contributed by atoms with van der Waals surface area (Å²) in [7, 11) is 1.96. The molecule has 1 rings (SSSR count).